The predicted octanol–water partition coefficient (Wildman–Crippen LogP) is 3.45. The van der Waals surface area contributed by atoms with Crippen LogP contribution in [0.2, 0.25) is 5.02 Å². The summed E-state index contributed by atoms with van der Waals surface area (Å²) >= 11 is 7.63. The lowest BCUT2D eigenvalue weighted by Gasteiger charge is -2.26. The van der Waals surface area contributed by atoms with Crippen LogP contribution in [-0.4, -0.2) is 18.1 Å². The van der Waals surface area contributed by atoms with Crippen molar-refractivity contribution < 1.29 is 0 Å². The van der Waals surface area contributed by atoms with Gasteiger partial charge in [0.05, 0.1) is 10.7 Å². The van der Waals surface area contributed by atoms with Crippen LogP contribution in [0.25, 0.3) is 0 Å². The van der Waals surface area contributed by atoms with Gasteiger partial charge in [-0.05, 0) is 24.4 Å². The Morgan fingerprint density at radius 2 is 2.33 bits per heavy atom. The number of hydrogen-bond donors (Lipinski definition) is 1. The van der Waals surface area contributed by atoms with E-state index in [1.54, 1.807) is 23.6 Å². The first-order chi connectivity index (χ1) is 8.58. The van der Waals surface area contributed by atoms with Gasteiger partial charge < -0.3 is 10.6 Å². The van der Waals surface area contributed by atoms with Gasteiger partial charge in [0, 0.05) is 30.6 Å². The van der Waals surface area contributed by atoms with Gasteiger partial charge in [-0.25, -0.2) is 4.98 Å². The first-order valence-corrected chi connectivity index (χ1v) is 7.00. The molecule has 0 aliphatic carbocycles. The third kappa shape index (κ3) is 2.94. The van der Waals surface area contributed by atoms with Gasteiger partial charge in [-0.3, -0.25) is 0 Å². The Kier molecular flexibility index (Phi) is 4.09. The maximum atomic E-state index is 5.95. The normalized spacial score (nSPS) is 12.4. The molecule has 2 aromatic heterocycles. The summed E-state index contributed by atoms with van der Waals surface area (Å²) in [5, 5.41) is 2.66. The molecule has 0 saturated heterocycles. The molecule has 0 aliphatic heterocycles. The lowest BCUT2D eigenvalue weighted by Crippen LogP contribution is -2.31. The van der Waals surface area contributed by atoms with Crippen molar-refractivity contribution in [2.75, 3.05) is 17.7 Å². The number of rotatable bonds is 4. The summed E-state index contributed by atoms with van der Waals surface area (Å²) in [4.78, 5) is 7.75. The number of pyridine rings is 1. The zero-order valence-corrected chi connectivity index (χ0v) is 12.0. The topological polar surface area (TPSA) is 42.2 Å². The second-order valence-electron chi connectivity index (χ2n) is 4.31. The zero-order chi connectivity index (χ0) is 13.1. The number of nitrogen functional groups attached to an aromatic ring is 1. The van der Waals surface area contributed by atoms with E-state index in [9.17, 15) is 0 Å². The van der Waals surface area contributed by atoms with Gasteiger partial charge in [0.15, 0.2) is 5.82 Å². The Labute approximate surface area is 116 Å². The largest absolute Gasteiger partial charge is 0.396 e. The summed E-state index contributed by atoms with van der Waals surface area (Å²) in [7, 11) is 2.00. The van der Waals surface area contributed by atoms with Crippen molar-refractivity contribution in [3.8, 4) is 0 Å². The number of halogens is 1. The number of nitrogens with two attached hydrogens (primary N) is 1. The van der Waals surface area contributed by atoms with Crippen molar-refractivity contribution in [2.24, 2.45) is 0 Å². The fourth-order valence-corrected chi connectivity index (χ4v) is 2.80. The van der Waals surface area contributed by atoms with E-state index in [0.29, 0.717) is 16.8 Å². The minimum Gasteiger partial charge on any atom is -0.396 e. The Balaban J connectivity index is 2.12. The number of nitrogens with zero attached hydrogens (tertiary/aromatic N) is 2. The molecule has 1 atom stereocenters. The number of aromatic nitrogens is 1. The third-order valence-corrected chi connectivity index (χ3v) is 4.04. The molecule has 0 spiro atoms. The summed E-state index contributed by atoms with van der Waals surface area (Å²) < 4.78 is 0. The molecule has 3 nitrogen and oxygen atoms in total. The minimum absolute atomic E-state index is 0.333. The molecule has 2 heterocycles. The molecule has 0 bridgehead atoms. The van der Waals surface area contributed by atoms with Crippen LogP contribution in [0.5, 0.6) is 0 Å². The van der Waals surface area contributed by atoms with E-state index >= 15 is 0 Å². The maximum absolute atomic E-state index is 5.95. The van der Waals surface area contributed by atoms with E-state index in [1.165, 1.54) is 4.88 Å². The van der Waals surface area contributed by atoms with Gasteiger partial charge in [0.1, 0.15) is 0 Å². The van der Waals surface area contributed by atoms with Crippen molar-refractivity contribution in [1.29, 1.82) is 0 Å². The lowest BCUT2D eigenvalue weighted by atomic mass is 10.2. The number of anilines is 2. The van der Waals surface area contributed by atoms with E-state index < -0.39 is 0 Å². The highest BCUT2D eigenvalue weighted by molar-refractivity contribution is 7.09. The highest BCUT2D eigenvalue weighted by Gasteiger charge is 2.15. The molecule has 2 aromatic rings. The third-order valence-electron chi connectivity index (χ3n) is 2.93. The van der Waals surface area contributed by atoms with Crippen molar-refractivity contribution in [1.82, 2.24) is 4.98 Å². The summed E-state index contributed by atoms with van der Waals surface area (Å²) in [6.07, 6.45) is 2.61. The van der Waals surface area contributed by atoms with E-state index in [0.717, 1.165) is 12.2 Å². The average molecular weight is 282 g/mol. The van der Waals surface area contributed by atoms with Crippen LogP contribution in [0.15, 0.2) is 29.8 Å². The molecular formula is C13H16ClN3S. The highest BCUT2D eigenvalue weighted by Crippen LogP contribution is 2.25. The fraction of sp³-hybridized carbons (Fsp3) is 0.308. The van der Waals surface area contributed by atoms with Crippen LogP contribution in [-0.2, 0) is 6.42 Å². The van der Waals surface area contributed by atoms with E-state index in [2.05, 4.69) is 34.3 Å². The summed E-state index contributed by atoms with van der Waals surface area (Å²) in [5.41, 5.74) is 6.56. The standard InChI is InChI=1S/C13H16ClN3S/c1-9(6-11-4-3-5-18-11)17(2)13-12(15)7-10(14)8-16-13/h3-5,7-9H,6,15H2,1-2H3. The Bertz CT molecular complexity index is 513. The van der Waals surface area contributed by atoms with Gasteiger partial charge in [-0.1, -0.05) is 17.7 Å². The zero-order valence-electron chi connectivity index (χ0n) is 10.4. The quantitative estimate of drug-likeness (QED) is 0.933. The van der Waals surface area contributed by atoms with Crippen molar-refractivity contribution >= 4 is 34.4 Å². The van der Waals surface area contributed by atoms with Crippen LogP contribution >= 0.6 is 22.9 Å². The van der Waals surface area contributed by atoms with Crippen LogP contribution in [0.1, 0.15) is 11.8 Å². The maximum Gasteiger partial charge on any atom is 0.151 e. The van der Waals surface area contributed by atoms with Gasteiger partial charge in [-0.2, -0.15) is 0 Å². The number of likely N-dealkylation sites (N-methyl/N-ethyl adjacent to an activating group) is 1. The van der Waals surface area contributed by atoms with Crippen LogP contribution in [0.4, 0.5) is 11.5 Å². The summed E-state index contributed by atoms with van der Waals surface area (Å²) in [6, 6.07) is 6.28. The summed E-state index contributed by atoms with van der Waals surface area (Å²) in [6.45, 7) is 2.16. The number of hydrogen-bond acceptors (Lipinski definition) is 4. The molecule has 2 N–H and O–H groups in total. The van der Waals surface area contributed by atoms with E-state index in [-0.39, 0.29) is 0 Å². The second-order valence-corrected chi connectivity index (χ2v) is 5.78. The van der Waals surface area contributed by atoms with Crippen LogP contribution in [0.3, 0.4) is 0 Å². The monoisotopic (exact) mass is 281 g/mol. The van der Waals surface area contributed by atoms with Gasteiger partial charge in [0.25, 0.3) is 0 Å². The SMILES string of the molecule is CC(Cc1cccs1)N(C)c1ncc(Cl)cc1N. The summed E-state index contributed by atoms with van der Waals surface area (Å²) in [5.74, 6) is 0.781. The van der Waals surface area contributed by atoms with E-state index in [4.69, 9.17) is 17.3 Å². The second kappa shape index (κ2) is 5.59. The molecule has 1 unspecified atom stereocenters. The molecular weight excluding hydrogens is 266 g/mol. The molecule has 96 valence electrons. The Hall–Kier alpha value is -1.26. The molecule has 0 aromatic carbocycles. The van der Waals surface area contributed by atoms with Crippen molar-refractivity contribution in [2.45, 2.75) is 19.4 Å². The lowest BCUT2D eigenvalue weighted by molar-refractivity contribution is 0.681. The molecule has 5 heteroatoms. The van der Waals surface area contributed by atoms with E-state index in [1.807, 2.05) is 7.05 Å². The van der Waals surface area contributed by atoms with Crippen LogP contribution < -0.4 is 10.6 Å². The Morgan fingerprint density at radius 3 is 2.94 bits per heavy atom. The van der Waals surface area contributed by atoms with Crippen molar-refractivity contribution in [3.05, 3.63) is 39.7 Å². The van der Waals surface area contributed by atoms with Gasteiger partial charge in [-0.15, -0.1) is 11.3 Å². The van der Waals surface area contributed by atoms with Gasteiger partial charge >= 0.3 is 0 Å². The first-order valence-electron chi connectivity index (χ1n) is 5.74. The minimum atomic E-state index is 0.333. The molecule has 0 aliphatic rings. The molecule has 0 fully saturated rings. The smallest absolute Gasteiger partial charge is 0.151 e. The van der Waals surface area contributed by atoms with Gasteiger partial charge in [0.2, 0.25) is 0 Å². The Morgan fingerprint density at radius 1 is 1.56 bits per heavy atom. The molecule has 0 radical (unpaired) electrons. The molecule has 18 heavy (non-hydrogen) atoms. The number of thiophene rings is 1. The van der Waals surface area contributed by atoms with Crippen LogP contribution in [0, 0.1) is 0 Å². The average Bonchev–Trinajstić information content (AvgIpc) is 2.81. The predicted molar refractivity (Wildman–Crippen MR) is 79.5 cm³/mol. The van der Waals surface area contributed by atoms with Crippen molar-refractivity contribution in [3.63, 3.8) is 0 Å². The molecule has 0 saturated carbocycles. The fourth-order valence-electron chi connectivity index (χ4n) is 1.81. The highest BCUT2D eigenvalue weighted by atomic mass is 35.5. The first kappa shape index (κ1) is 13.2. The molecule has 2 rings (SSSR count). The molecule has 0 amide bonds.